The lowest BCUT2D eigenvalue weighted by molar-refractivity contribution is 0.0695. The van der Waals surface area contributed by atoms with Gasteiger partial charge in [0.25, 0.3) is 5.56 Å². The number of rotatable bonds is 5. The number of aromatic amines is 1. The molecule has 1 heterocycles. The summed E-state index contributed by atoms with van der Waals surface area (Å²) < 4.78 is 0. The number of aromatic nitrogens is 1. The summed E-state index contributed by atoms with van der Waals surface area (Å²) in [4.78, 5) is 25.1. The summed E-state index contributed by atoms with van der Waals surface area (Å²) >= 11 is 0. The van der Waals surface area contributed by atoms with E-state index in [0.29, 0.717) is 5.69 Å². The topological polar surface area (TPSA) is 82.2 Å². The minimum atomic E-state index is -1.23. The van der Waals surface area contributed by atoms with E-state index in [1.807, 2.05) is 24.3 Å². The summed E-state index contributed by atoms with van der Waals surface area (Å²) in [7, 11) is 0. The standard InChI is InChI=1S/C15H16N2O3/c1-2-8-16-11-5-3-4-10(9-11)13-7-6-12(15(19)20)14(18)17-13/h3-7,9,16H,2,8H2,1H3,(H,17,18)(H,19,20). The minimum Gasteiger partial charge on any atom is -0.477 e. The van der Waals surface area contributed by atoms with Crippen LogP contribution in [0.3, 0.4) is 0 Å². The first-order valence-electron chi connectivity index (χ1n) is 6.42. The van der Waals surface area contributed by atoms with Crippen LogP contribution in [0.2, 0.25) is 0 Å². The lowest BCUT2D eigenvalue weighted by Gasteiger charge is -2.07. The second-order valence-electron chi connectivity index (χ2n) is 4.43. The molecule has 20 heavy (non-hydrogen) atoms. The van der Waals surface area contributed by atoms with Crippen molar-refractivity contribution in [2.75, 3.05) is 11.9 Å². The lowest BCUT2D eigenvalue weighted by Crippen LogP contribution is -2.17. The van der Waals surface area contributed by atoms with E-state index in [1.54, 1.807) is 6.07 Å². The Morgan fingerprint density at radius 3 is 2.75 bits per heavy atom. The summed E-state index contributed by atoms with van der Waals surface area (Å²) in [5, 5.41) is 12.1. The van der Waals surface area contributed by atoms with E-state index in [9.17, 15) is 9.59 Å². The van der Waals surface area contributed by atoms with Gasteiger partial charge in [0.05, 0.1) is 0 Å². The van der Waals surface area contributed by atoms with Crippen molar-refractivity contribution in [3.05, 3.63) is 52.3 Å². The summed E-state index contributed by atoms with van der Waals surface area (Å²) in [6, 6.07) is 10.5. The molecule has 0 aliphatic rings. The van der Waals surface area contributed by atoms with Crippen LogP contribution in [0.25, 0.3) is 11.3 Å². The maximum Gasteiger partial charge on any atom is 0.341 e. The number of hydrogen-bond acceptors (Lipinski definition) is 3. The van der Waals surface area contributed by atoms with Gasteiger partial charge in [-0.25, -0.2) is 4.79 Å². The zero-order valence-electron chi connectivity index (χ0n) is 11.1. The fourth-order valence-corrected chi connectivity index (χ4v) is 1.88. The number of anilines is 1. The first-order valence-corrected chi connectivity index (χ1v) is 6.42. The molecule has 104 valence electrons. The quantitative estimate of drug-likeness (QED) is 0.781. The molecule has 5 heteroatoms. The van der Waals surface area contributed by atoms with Crippen molar-refractivity contribution in [1.29, 1.82) is 0 Å². The Balaban J connectivity index is 2.34. The molecular formula is C15H16N2O3. The molecule has 0 radical (unpaired) electrons. The molecule has 3 N–H and O–H groups in total. The van der Waals surface area contributed by atoms with E-state index in [0.717, 1.165) is 24.2 Å². The maximum absolute atomic E-state index is 11.7. The molecular weight excluding hydrogens is 256 g/mol. The van der Waals surface area contributed by atoms with Crippen LogP contribution in [0.4, 0.5) is 5.69 Å². The van der Waals surface area contributed by atoms with E-state index in [1.165, 1.54) is 6.07 Å². The van der Waals surface area contributed by atoms with Crippen LogP contribution < -0.4 is 10.9 Å². The van der Waals surface area contributed by atoms with Crippen molar-refractivity contribution in [2.24, 2.45) is 0 Å². The molecule has 0 aliphatic heterocycles. The van der Waals surface area contributed by atoms with Crippen molar-refractivity contribution in [3.8, 4) is 11.3 Å². The number of pyridine rings is 1. The van der Waals surface area contributed by atoms with Crippen LogP contribution in [0.5, 0.6) is 0 Å². The Labute approximate surface area is 116 Å². The summed E-state index contributed by atoms with van der Waals surface area (Å²) in [5.74, 6) is -1.23. The van der Waals surface area contributed by atoms with Crippen LogP contribution in [0.15, 0.2) is 41.2 Å². The molecule has 5 nitrogen and oxygen atoms in total. The number of aromatic carboxylic acids is 1. The highest BCUT2D eigenvalue weighted by Gasteiger charge is 2.09. The van der Waals surface area contributed by atoms with Gasteiger partial charge >= 0.3 is 5.97 Å². The first kappa shape index (κ1) is 13.9. The lowest BCUT2D eigenvalue weighted by atomic mass is 10.1. The molecule has 2 rings (SSSR count). The molecule has 0 fully saturated rings. The first-order chi connectivity index (χ1) is 9.61. The van der Waals surface area contributed by atoms with Crippen molar-refractivity contribution < 1.29 is 9.90 Å². The monoisotopic (exact) mass is 272 g/mol. The third-order valence-corrected chi connectivity index (χ3v) is 2.89. The highest BCUT2D eigenvalue weighted by atomic mass is 16.4. The highest BCUT2D eigenvalue weighted by Crippen LogP contribution is 2.20. The van der Waals surface area contributed by atoms with Crippen LogP contribution in [0.1, 0.15) is 23.7 Å². The molecule has 1 aromatic carbocycles. The molecule has 0 atom stereocenters. The predicted octanol–water partition coefficient (Wildman–Crippen LogP) is 2.56. The maximum atomic E-state index is 11.7. The molecule has 0 aliphatic carbocycles. The average molecular weight is 272 g/mol. The summed E-state index contributed by atoms with van der Waals surface area (Å²) in [5.41, 5.74) is 1.55. The molecule has 0 bridgehead atoms. The van der Waals surface area contributed by atoms with E-state index in [-0.39, 0.29) is 5.56 Å². The van der Waals surface area contributed by atoms with Gasteiger partial charge in [-0.2, -0.15) is 0 Å². The zero-order chi connectivity index (χ0) is 14.5. The molecule has 1 aromatic heterocycles. The Hall–Kier alpha value is -2.56. The van der Waals surface area contributed by atoms with Crippen LogP contribution in [-0.4, -0.2) is 22.6 Å². The molecule has 2 aromatic rings. The summed E-state index contributed by atoms with van der Waals surface area (Å²) in [6.07, 6.45) is 1.02. The van der Waals surface area contributed by atoms with Gasteiger partial charge in [0.1, 0.15) is 5.56 Å². The number of nitrogens with one attached hydrogen (secondary N) is 2. The number of carboxylic acid groups (broad SMARTS) is 1. The van der Waals surface area contributed by atoms with Gasteiger partial charge in [-0.15, -0.1) is 0 Å². The van der Waals surface area contributed by atoms with Crippen molar-refractivity contribution in [2.45, 2.75) is 13.3 Å². The number of hydrogen-bond donors (Lipinski definition) is 3. The van der Waals surface area contributed by atoms with Crippen LogP contribution in [-0.2, 0) is 0 Å². The fourth-order valence-electron chi connectivity index (χ4n) is 1.88. The third kappa shape index (κ3) is 3.06. The molecule has 0 saturated heterocycles. The van der Waals surface area contributed by atoms with E-state index < -0.39 is 11.5 Å². The third-order valence-electron chi connectivity index (χ3n) is 2.89. The van der Waals surface area contributed by atoms with Crippen molar-refractivity contribution >= 4 is 11.7 Å². The van der Waals surface area contributed by atoms with E-state index in [4.69, 9.17) is 5.11 Å². The number of carboxylic acids is 1. The SMILES string of the molecule is CCCNc1cccc(-c2ccc(C(=O)O)c(=O)[nH]2)c1. The smallest absolute Gasteiger partial charge is 0.341 e. The fraction of sp³-hybridized carbons (Fsp3) is 0.200. The minimum absolute atomic E-state index is 0.256. The van der Waals surface area contributed by atoms with Gasteiger partial charge in [-0.3, -0.25) is 4.79 Å². The molecule has 0 spiro atoms. The second-order valence-corrected chi connectivity index (χ2v) is 4.43. The van der Waals surface area contributed by atoms with Gasteiger partial charge in [-0.1, -0.05) is 19.1 Å². The van der Waals surface area contributed by atoms with Crippen LogP contribution >= 0.6 is 0 Å². The van der Waals surface area contributed by atoms with Gasteiger partial charge in [-0.05, 0) is 30.7 Å². The Bertz CT molecular complexity index is 677. The van der Waals surface area contributed by atoms with Crippen LogP contribution in [0, 0.1) is 0 Å². The highest BCUT2D eigenvalue weighted by molar-refractivity contribution is 5.87. The normalized spacial score (nSPS) is 10.2. The van der Waals surface area contributed by atoms with Crippen molar-refractivity contribution in [1.82, 2.24) is 4.98 Å². The molecule has 0 amide bonds. The van der Waals surface area contributed by atoms with Gasteiger partial charge in [0, 0.05) is 23.5 Å². The van der Waals surface area contributed by atoms with Gasteiger partial charge in [0.15, 0.2) is 0 Å². The predicted molar refractivity (Wildman–Crippen MR) is 78.2 cm³/mol. The number of benzene rings is 1. The largest absolute Gasteiger partial charge is 0.477 e. The Kier molecular flexibility index (Phi) is 4.20. The van der Waals surface area contributed by atoms with E-state index >= 15 is 0 Å². The summed E-state index contributed by atoms with van der Waals surface area (Å²) in [6.45, 7) is 2.96. The number of carbonyl (C=O) groups is 1. The van der Waals surface area contributed by atoms with Gasteiger partial charge in [0.2, 0.25) is 0 Å². The van der Waals surface area contributed by atoms with Gasteiger partial charge < -0.3 is 15.4 Å². The Morgan fingerprint density at radius 2 is 2.10 bits per heavy atom. The molecule has 0 unspecified atom stereocenters. The Morgan fingerprint density at radius 1 is 1.30 bits per heavy atom. The average Bonchev–Trinajstić information content (AvgIpc) is 2.45. The second kappa shape index (κ2) is 6.06. The molecule has 0 saturated carbocycles. The van der Waals surface area contributed by atoms with E-state index in [2.05, 4.69) is 17.2 Å². The zero-order valence-corrected chi connectivity index (χ0v) is 11.1. The van der Waals surface area contributed by atoms with Crippen molar-refractivity contribution in [3.63, 3.8) is 0 Å². The number of H-pyrrole nitrogens is 1.